The van der Waals surface area contributed by atoms with Crippen molar-refractivity contribution in [3.8, 4) is 5.75 Å². The number of carbonyl (C=O) groups excluding carboxylic acids is 1. The minimum atomic E-state index is -1.64. The Balaban J connectivity index is 1.70. The Morgan fingerprint density at radius 1 is 1.38 bits per heavy atom. The zero-order valence-corrected chi connectivity index (χ0v) is 16.7. The lowest BCUT2D eigenvalue weighted by atomic mass is 10.0. The Kier molecular flexibility index (Phi) is 6.80. The number of halogens is 1. The molecule has 29 heavy (non-hydrogen) atoms. The molecule has 0 radical (unpaired) electrons. The average molecular weight is 467 g/mol. The molecule has 10 heteroatoms. The summed E-state index contributed by atoms with van der Waals surface area (Å²) >= 11 is 3.06. The second-order valence-electron chi connectivity index (χ2n) is 6.41. The fourth-order valence-corrected chi connectivity index (χ4v) is 3.26. The molecule has 1 fully saturated rings. The molecule has 154 valence electrons. The van der Waals surface area contributed by atoms with E-state index in [1.54, 1.807) is 30.3 Å². The Bertz CT molecular complexity index is 1000. The number of benzene rings is 1. The number of aliphatic hydroxyl groups is 2. The molecule has 1 aliphatic rings. The molecule has 1 aromatic carbocycles. The molecule has 0 aliphatic carbocycles. The van der Waals surface area contributed by atoms with Gasteiger partial charge in [-0.15, -0.1) is 0 Å². The van der Waals surface area contributed by atoms with Crippen LogP contribution in [0.4, 0.5) is 0 Å². The van der Waals surface area contributed by atoms with Crippen LogP contribution in [-0.2, 0) is 9.53 Å². The van der Waals surface area contributed by atoms with Gasteiger partial charge in [0.1, 0.15) is 30.8 Å². The van der Waals surface area contributed by atoms with Gasteiger partial charge in [0.15, 0.2) is 0 Å². The molecule has 3 N–H and O–H groups in total. The van der Waals surface area contributed by atoms with Gasteiger partial charge in [0, 0.05) is 12.6 Å². The minimum Gasteiger partial charge on any atom is -0.486 e. The Labute approximate surface area is 173 Å². The van der Waals surface area contributed by atoms with Crippen molar-refractivity contribution in [1.82, 2.24) is 9.55 Å². The topological polar surface area (TPSA) is 131 Å². The van der Waals surface area contributed by atoms with Crippen LogP contribution in [0.1, 0.15) is 18.2 Å². The average Bonchev–Trinajstić information content (AvgIpc) is 3.09. The number of ketones is 1. The molecule has 0 amide bonds. The number of H-pyrrole nitrogens is 1. The molecular weight excluding hydrogens is 448 g/mol. The standard InChI is InChI=1S/C19H19BrN2O7/c20-7-6-11-9-22(19(27)21-18(11)26)15-8-13(23)17(29-15)16(25)14(24)10-28-12-4-2-1-3-5-12/h1-7,9,13,15-17,23,25H,8,10H2,(H,21,26,27)/t13-,15+,16?,17-/m0/s1. The number of nitrogens with one attached hydrogen (secondary N) is 1. The molecule has 4 atom stereocenters. The number of nitrogens with zero attached hydrogens (tertiary/aromatic N) is 1. The molecule has 0 spiro atoms. The van der Waals surface area contributed by atoms with Gasteiger partial charge in [-0.05, 0) is 23.2 Å². The number of para-hydroxylation sites is 1. The minimum absolute atomic E-state index is 0.0437. The molecule has 0 bridgehead atoms. The lowest BCUT2D eigenvalue weighted by Crippen LogP contribution is -2.42. The lowest BCUT2D eigenvalue weighted by Gasteiger charge is -2.20. The van der Waals surface area contributed by atoms with E-state index in [0.717, 1.165) is 4.57 Å². The number of ether oxygens (including phenoxy) is 2. The Hall–Kier alpha value is -2.53. The first-order valence-electron chi connectivity index (χ1n) is 8.75. The van der Waals surface area contributed by atoms with Crippen LogP contribution in [0.15, 0.2) is 51.1 Å². The maximum Gasteiger partial charge on any atom is 0.330 e. The molecule has 1 aliphatic heterocycles. The Morgan fingerprint density at radius 3 is 2.79 bits per heavy atom. The van der Waals surface area contributed by atoms with Gasteiger partial charge in [-0.25, -0.2) is 4.79 Å². The van der Waals surface area contributed by atoms with Crippen LogP contribution in [0.3, 0.4) is 0 Å². The molecule has 0 saturated carbocycles. The molecule has 1 aromatic heterocycles. The number of carbonyl (C=O) groups is 1. The van der Waals surface area contributed by atoms with Gasteiger partial charge in [-0.3, -0.25) is 19.1 Å². The zero-order valence-electron chi connectivity index (χ0n) is 15.1. The normalized spacial score (nSPS) is 22.7. The SMILES string of the molecule is O=C(COc1ccccc1)C(O)[C@H]1O[C@@H](n2cc(C=CBr)c(=O)[nH]c2=O)C[C@@H]1O. The van der Waals surface area contributed by atoms with Crippen molar-refractivity contribution in [1.29, 1.82) is 0 Å². The van der Waals surface area contributed by atoms with Gasteiger partial charge in [0.25, 0.3) is 5.56 Å². The van der Waals surface area contributed by atoms with E-state index in [1.165, 1.54) is 17.3 Å². The summed E-state index contributed by atoms with van der Waals surface area (Å²) in [5.74, 6) is -0.207. The quantitative estimate of drug-likeness (QED) is 0.543. The molecule has 2 aromatic rings. The molecule has 9 nitrogen and oxygen atoms in total. The van der Waals surface area contributed by atoms with Crippen molar-refractivity contribution in [3.05, 3.63) is 67.9 Å². The van der Waals surface area contributed by atoms with Gasteiger partial charge >= 0.3 is 5.69 Å². The smallest absolute Gasteiger partial charge is 0.330 e. The van der Waals surface area contributed by atoms with Crippen LogP contribution in [0.25, 0.3) is 6.08 Å². The highest BCUT2D eigenvalue weighted by Gasteiger charge is 2.42. The van der Waals surface area contributed by atoms with Crippen molar-refractivity contribution in [3.63, 3.8) is 0 Å². The van der Waals surface area contributed by atoms with Crippen molar-refractivity contribution >= 4 is 27.8 Å². The first-order chi connectivity index (χ1) is 13.9. The number of hydrogen-bond acceptors (Lipinski definition) is 7. The van der Waals surface area contributed by atoms with Crippen molar-refractivity contribution in [2.24, 2.45) is 0 Å². The van der Waals surface area contributed by atoms with Crippen LogP contribution in [0.5, 0.6) is 5.75 Å². The van der Waals surface area contributed by atoms with E-state index in [4.69, 9.17) is 9.47 Å². The van der Waals surface area contributed by atoms with Gasteiger partial charge in [-0.2, -0.15) is 0 Å². The predicted octanol–water partition coefficient (Wildman–Crippen LogP) is 0.560. The molecule has 2 heterocycles. The lowest BCUT2D eigenvalue weighted by molar-refractivity contribution is -0.143. The second-order valence-corrected chi connectivity index (χ2v) is 6.94. The number of rotatable bonds is 7. The molecule has 3 rings (SSSR count). The van der Waals surface area contributed by atoms with Crippen LogP contribution in [-0.4, -0.2) is 50.5 Å². The third-order valence-electron chi connectivity index (χ3n) is 4.45. The third kappa shape index (κ3) is 4.91. The number of hydrogen-bond donors (Lipinski definition) is 3. The van der Waals surface area contributed by atoms with E-state index in [2.05, 4.69) is 20.9 Å². The summed E-state index contributed by atoms with van der Waals surface area (Å²) in [6, 6.07) is 8.61. The number of aromatic amines is 1. The molecule has 1 unspecified atom stereocenters. The van der Waals surface area contributed by atoms with E-state index >= 15 is 0 Å². The number of aliphatic hydroxyl groups excluding tert-OH is 2. The van der Waals surface area contributed by atoms with E-state index in [-0.39, 0.29) is 12.0 Å². The van der Waals surface area contributed by atoms with Gasteiger partial charge in [0.05, 0.1) is 11.7 Å². The third-order valence-corrected chi connectivity index (χ3v) is 4.71. The Morgan fingerprint density at radius 2 is 2.10 bits per heavy atom. The summed E-state index contributed by atoms with van der Waals surface area (Å²) in [6.07, 6.45) is -2.34. The predicted molar refractivity (Wildman–Crippen MR) is 107 cm³/mol. The first kappa shape index (κ1) is 21.2. The van der Waals surface area contributed by atoms with Gasteiger partial charge in [-0.1, -0.05) is 34.1 Å². The van der Waals surface area contributed by atoms with Crippen molar-refractivity contribution in [2.45, 2.75) is 31.0 Å². The van der Waals surface area contributed by atoms with Crippen molar-refractivity contribution in [2.75, 3.05) is 6.61 Å². The van der Waals surface area contributed by atoms with Crippen molar-refractivity contribution < 1.29 is 24.5 Å². The summed E-state index contributed by atoms with van der Waals surface area (Å²) in [5.41, 5.74) is -1.12. The highest BCUT2D eigenvalue weighted by molar-refractivity contribution is 9.11. The van der Waals surface area contributed by atoms with E-state index in [0.29, 0.717) is 5.75 Å². The van der Waals surface area contributed by atoms with Crippen LogP contribution in [0, 0.1) is 0 Å². The van der Waals surface area contributed by atoms with Crippen LogP contribution in [0.2, 0.25) is 0 Å². The van der Waals surface area contributed by atoms with Gasteiger partial charge in [0.2, 0.25) is 5.78 Å². The summed E-state index contributed by atoms with van der Waals surface area (Å²) in [7, 11) is 0. The fourth-order valence-electron chi connectivity index (χ4n) is 2.97. The van der Waals surface area contributed by atoms with Gasteiger partial charge < -0.3 is 19.7 Å². The highest BCUT2D eigenvalue weighted by atomic mass is 79.9. The summed E-state index contributed by atoms with van der Waals surface area (Å²) in [6.45, 7) is -0.402. The van der Waals surface area contributed by atoms with E-state index in [1.807, 2.05) is 0 Å². The largest absolute Gasteiger partial charge is 0.486 e. The first-order valence-corrected chi connectivity index (χ1v) is 9.66. The highest BCUT2D eigenvalue weighted by Crippen LogP contribution is 2.30. The fraction of sp³-hybridized carbons (Fsp3) is 0.316. The van der Waals surface area contributed by atoms with E-state index in [9.17, 15) is 24.6 Å². The maximum atomic E-state index is 12.2. The summed E-state index contributed by atoms with van der Waals surface area (Å²) < 4.78 is 12.0. The maximum absolute atomic E-state index is 12.2. The van der Waals surface area contributed by atoms with Crippen LogP contribution < -0.4 is 16.0 Å². The summed E-state index contributed by atoms with van der Waals surface area (Å²) in [5, 5.41) is 20.6. The number of Topliss-reactive ketones (excluding diaryl/α,β-unsaturated/α-hetero) is 1. The monoisotopic (exact) mass is 466 g/mol. The molecule has 1 saturated heterocycles. The zero-order chi connectivity index (χ0) is 21.0. The van der Waals surface area contributed by atoms with Crippen LogP contribution >= 0.6 is 15.9 Å². The molecular formula is C19H19BrN2O7. The second kappa shape index (κ2) is 9.31. The van der Waals surface area contributed by atoms with E-state index < -0.39 is 48.2 Å². The number of aromatic nitrogens is 2. The summed E-state index contributed by atoms with van der Waals surface area (Å²) in [4.78, 5) is 39.8.